The van der Waals surface area contributed by atoms with E-state index in [-0.39, 0.29) is 45.1 Å². The van der Waals surface area contributed by atoms with Gasteiger partial charge in [0.25, 0.3) is 0 Å². The van der Waals surface area contributed by atoms with Crippen LogP contribution in [-0.2, 0) is 19.1 Å². The molecule has 4 nitrogen and oxygen atoms in total. The lowest BCUT2D eigenvalue weighted by molar-refractivity contribution is -0.214. The fourth-order valence-electron chi connectivity index (χ4n) is 11.4. The summed E-state index contributed by atoms with van der Waals surface area (Å²) in [6.07, 6.45) is 12.4. The molecule has 4 heteroatoms. The fraction of sp³-hybridized carbons (Fsp3) is 0.879. The zero-order valence-corrected chi connectivity index (χ0v) is 25.0. The highest BCUT2D eigenvalue weighted by molar-refractivity contribution is 5.78. The van der Waals surface area contributed by atoms with Crippen LogP contribution >= 0.6 is 0 Å². The van der Waals surface area contributed by atoms with E-state index in [2.05, 4.69) is 54.5 Å². The van der Waals surface area contributed by atoms with E-state index in [0.717, 1.165) is 44.9 Å². The molecule has 5 rings (SSSR count). The molecule has 0 aromatic rings. The molecular weight excluding hydrogens is 460 g/mol. The Morgan fingerprint density at radius 2 is 1.59 bits per heavy atom. The predicted octanol–water partition coefficient (Wildman–Crippen LogP) is 7.75. The molecule has 0 heterocycles. The molecule has 0 N–H and O–H groups in total. The molecule has 208 valence electrons. The van der Waals surface area contributed by atoms with E-state index < -0.39 is 0 Å². The van der Waals surface area contributed by atoms with E-state index in [4.69, 9.17) is 9.47 Å². The highest BCUT2D eigenvalue weighted by Gasteiger charge is 2.69. The minimum atomic E-state index is -0.347. The van der Waals surface area contributed by atoms with Crippen molar-refractivity contribution in [3.05, 3.63) is 11.6 Å². The molecule has 2 unspecified atom stereocenters. The number of hydrogen-bond donors (Lipinski definition) is 0. The van der Waals surface area contributed by atoms with Crippen molar-refractivity contribution in [1.82, 2.24) is 0 Å². The number of hydrogen-bond acceptors (Lipinski definition) is 4. The second-order valence-electron chi connectivity index (χ2n) is 15.3. The van der Waals surface area contributed by atoms with Gasteiger partial charge in [-0.1, -0.05) is 60.1 Å². The van der Waals surface area contributed by atoms with Crippen LogP contribution < -0.4 is 0 Å². The van der Waals surface area contributed by atoms with E-state index in [1.807, 2.05) is 0 Å². The lowest BCUT2D eigenvalue weighted by Gasteiger charge is -2.71. The monoisotopic (exact) mass is 512 g/mol. The van der Waals surface area contributed by atoms with E-state index in [9.17, 15) is 9.59 Å². The molecule has 0 bridgehead atoms. The topological polar surface area (TPSA) is 52.6 Å². The first-order chi connectivity index (χ1) is 17.2. The quantitative estimate of drug-likeness (QED) is 0.280. The van der Waals surface area contributed by atoms with Gasteiger partial charge in [0.1, 0.15) is 6.10 Å². The Balaban J connectivity index is 1.57. The first-order valence-electron chi connectivity index (χ1n) is 15.2. The summed E-state index contributed by atoms with van der Waals surface area (Å²) in [5.74, 6) is 2.45. The SMILES string of the molecule is COC(=O)[C@]12CC[C@@H](C)[C@H](C)[C@H]1C1=CCC3[C@@]4(C)CC[C@H](OC(C)=O)C(C)(C)C4CC[C@@]3(C)[C@]1(C)CC2. The summed E-state index contributed by atoms with van der Waals surface area (Å²) in [4.78, 5) is 25.4. The molecule has 0 aromatic heterocycles. The average molecular weight is 513 g/mol. The number of carbonyl (C=O) groups excluding carboxylic acids is 2. The largest absolute Gasteiger partial charge is 0.469 e. The van der Waals surface area contributed by atoms with Crippen LogP contribution in [0.25, 0.3) is 0 Å². The Morgan fingerprint density at radius 1 is 0.892 bits per heavy atom. The zero-order valence-electron chi connectivity index (χ0n) is 25.0. The number of fused-ring (bicyclic) bond motifs is 7. The van der Waals surface area contributed by atoms with Crippen molar-refractivity contribution >= 4 is 11.9 Å². The fourth-order valence-corrected chi connectivity index (χ4v) is 11.4. The van der Waals surface area contributed by atoms with Crippen molar-refractivity contribution in [3.8, 4) is 0 Å². The number of esters is 2. The number of carbonyl (C=O) groups is 2. The molecule has 4 fully saturated rings. The Hall–Kier alpha value is -1.32. The van der Waals surface area contributed by atoms with Crippen molar-refractivity contribution in [2.45, 2.75) is 119 Å². The number of allylic oxidation sites excluding steroid dienone is 2. The second kappa shape index (κ2) is 8.59. The number of methoxy groups -OCH3 is 1. The van der Waals surface area contributed by atoms with Crippen LogP contribution in [0.1, 0.15) is 113 Å². The van der Waals surface area contributed by atoms with Gasteiger partial charge in [-0.05, 0) is 104 Å². The average Bonchev–Trinajstić information content (AvgIpc) is 2.83. The predicted molar refractivity (Wildman–Crippen MR) is 147 cm³/mol. The van der Waals surface area contributed by atoms with Gasteiger partial charge in [-0.2, -0.15) is 0 Å². The molecule has 0 aromatic carbocycles. The third kappa shape index (κ3) is 3.45. The van der Waals surface area contributed by atoms with Crippen LogP contribution in [0.15, 0.2) is 11.6 Å². The van der Waals surface area contributed by atoms with Crippen LogP contribution in [-0.4, -0.2) is 25.2 Å². The molecule has 5 aliphatic carbocycles. The van der Waals surface area contributed by atoms with Crippen LogP contribution in [0.5, 0.6) is 0 Å². The molecule has 37 heavy (non-hydrogen) atoms. The van der Waals surface area contributed by atoms with Gasteiger partial charge >= 0.3 is 11.9 Å². The van der Waals surface area contributed by atoms with E-state index >= 15 is 0 Å². The van der Waals surface area contributed by atoms with Crippen molar-refractivity contribution < 1.29 is 19.1 Å². The Bertz CT molecular complexity index is 996. The maximum atomic E-state index is 13.4. The van der Waals surface area contributed by atoms with Gasteiger partial charge in [0.2, 0.25) is 0 Å². The summed E-state index contributed by atoms with van der Waals surface area (Å²) < 4.78 is 11.4. The minimum Gasteiger partial charge on any atom is -0.469 e. The van der Waals surface area contributed by atoms with E-state index in [1.54, 1.807) is 19.6 Å². The maximum absolute atomic E-state index is 13.4. The highest BCUT2D eigenvalue weighted by Crippen LogP contribution is 2.76. The normalized spacial score (nSPS) is 50.4. The Labute approximate surface area is 225 Å². The lowest BCUT2D eigenvalue weighted by atomic mass is 9.33. The summed E-state index contributed by atoms with van der Waals surface area (Å²) in [6, 6.07) is 0. The van der Waals surface area contributed by atoms with Crippen LogP contribution in [0.3, 0.4) is 0 Å². The van der Waals surface area contributed by atoms with Gasteiger partial charge < -0.3 is 9.47 Å². The first-order valence-corrected chi connectivity index (χ1v) is 15.2. The van der Waals surface area contributed by atoms with Crippen molar-refractivity contribution in [1.29, 1.82) is 0 Å². The molecule has 0 spiro atoms. The molecule has 10 atom stereocenters. The summed E-state index contributed by atoms with van der Waals surface area (Å²) in [5.41, 5.74) is 1.76. The van der Waals surface area contributed by atoms with E-state index in [1.165, 1.54) is 12.8 Å². The van der Waals surface area contributed by atoms with Gasteiger partial charge in [-0.3, -0.25) is 9.59 Å². The molecule has 0 aliphatic heterocycles. The molecule has 0 saturated heterocycles. The van der Waals surface area contributed by atoms with Gasteiger partial charge in [-0.25, -0.2) is 0 Å². The minimum absolute atomic E-state index is 0.0117. The first kappa shape index (κ1) is 27.3. The molecule has 5 aliphatic rings. The molecule has 0 radical (unpaired) electrons. The summed E-state index contributed by atoms with van der Waals surface area (Å²) >= 11 is 0. The van der Waals surface area contributed by atoms with Gasteiger partial charge in [0, 0.05) is 12.3 Å². The van der Waals surface area contributed by atoms with E-state index in [0.29, 0.717) is 29.6 Å². The summed E-state index contributed by atoms with van der Waals surface area (Å²) in [7, 11) is 1.59. The lowest BCUT2D eigenvalue weighted by Crippen LogP contribution is -2.65. The molecule has 4 saturated carbocycles. The third-order valence-electron chi connectivity index (χ3n) is 13.8. The van der Waals surface area contributed by atoms with Crippen molar-refractivity contribution in [2.24, 2.45) is 56.7 Å². The standard InChI is InChI=1S/C33H52O4/c1-20-12-17-33(28(35)36-9)19-18-31(7)23(27(33)21(20)2)10-11-25-30(6)15-14-26(37-22(3)34)29(4,5)24(30)13-16-32(25,31)8/h10,20-21,24-27H,11-19H2,1-9H3/t20-,21+,24?,25?,26+,27+,30+,31-,32-,33+/m1/s1. The molecular formula is C33H52O4. The van der Waals surface area contributed by atoms with Crippen molar-refractivity contribution in [2.75, 3.05) is 7.11 Å². The van der Waals surface area contributed by atoms with Gasteiger partial charge in [0.15, 0.2) is 0 Å². The van der Waals surface area contributed by atoms with Crippen molar-refractivity contribution in [3.63, 3.8) is 0 Å². The third-order valence-corrected chi connectivity index (χ3v) is 13.8. The maximum Gasteiger partial charge on any atom is 0.312 e. The van der Waals surface area contributed by atoms with Crippen LogP contribution in [0, 0.1) is 56.7 Å². The Kier molecular flexibility index (Phi) is 6.33. The zero-order chi connectivity index (χ0) is 27.2. The van der Waals surface area contributed by atoms with Crippen LogP contribution in [0.2, 0.25) is 0 Å². The van der Waals surface area contributed by atoms with Gasteiger partial charge in [0.05, 0.1) is 12.5 Å². The highest BCUT2D eigenvalue weighted by atomic mass is 16.5. The van der Waals surface area contributed by atoms with Gasteiger partial charge in [-0.15, -0.1) is 0 Å². The number of ether oxygens (including phenoxy) is 2. The summed E-state index contributed by atoms with van der Waals surface area (Å²) in [6.45, 7) is 18.8. The number of rotatable bonds is 2. The summed E-state index contributed by atoms with van der Waals surface area (Å²) in [5, 5.41) is 0. The smallest absolute Gasteiger partial charge is 0.312 e. The molecule has 0 amide bonds. The van der Waals surface area contributed by atoms with Crippen LogP contribution in [0.4, 0.5) is 0 Å². The Morgan fingerprint density at radius 3 is 2.24 bits per heavy atom. The second-order valence-corrected chi connectivity index (χ2v) is 15.3.